The van der Waals surface area contributed by atoms with E-state index in [1.807, 2.05) is 0 Å². The van der Waals surface area contributed by atoms with Crippen LogP contribution in [0.4, 0.5) is 13.6 Å². The molecule has 35 heavy (non-hydrogen) atoms. The lowest BCUT2D eigenvalue weighted by atomic mass is 9.96. The molecule has 1 saturated carbocycles. The maximum atomic E-state index is 13.4. The number of aromatic nitrogens is 1. The van der Waals surface area contributed by atoms with Crippen molar-refractivity contribution >= 4 is 23.3 Å². The molecule has 1 aliphatic carbocycles. The highest BCUT2D eigenvalue weighted by Gasteiger charge is 2.22. The summed E-state index contributed by atoms with van der Waals surface area (Å²) in [5.41, 5.74) is 1.85. The number of carbonyl (C=O) groups is 2. The molecule has 6 nitrogen and oxygen atoms in total. The molecule has 4 rings (SSSR count). The Morgan fingerprint density at radius 1 is 0.914 bits per heavy atom. The van der Waals surface area contributed by atoms with Gasteiger partial charge in [0.1, 0.15) is 22.3 Å². The first kappa shape index (κ1) is 24.8. The molecule has 1 aromatic heterocycles. The lowest BCUT2D eigenvalue weighted by molar-refractivity contribution is 0.0946. The minimum atomic E-state index is -0.339. The van der Waals surface area contributed by atoms with Crippen LogP contribution in [0.25, 0.3) is 0 Å². The summed E-state index contributed by atoms with van der Waals surface area (Å²) in [6, 6.07) is 11.9. The average molecular weight is 499 g/mol. The predicted molar refractivity (Wildman–Crippen MR) is 131 cm³/mol. The fourth-order valence-electron chi connectivity index (χ4n) is 4.05. The van der Waals surface area contributed by atoms with Gasteiger partial charge in [-0.3, -0.25) is 4.79 Å². The quantitative estimate of drug-likeness (QED) is 0.437. The Morgan fingerprint density at radius 2 is 1.54 bits per heavy atom. The molecule has 0 spiro atoms. The molecule has 0 aliphatic heterocycles. The van der Waals surface area contributed by atoms with Crippen molar-refractivity contribution in [2.75, 3.05) is 0 Å². The average Bonchev–Trinajstić information content (AvgIpc) is 3.34. The van der Waals surface area contributed by atoms with Gasteiger partial charge in [0.05, 0.1) is 6.54 Å². The first-order chi connectivity index (χ1) is 17.0. The van der Waals surface area contributed by atoms with Crippen molar-refractivity contribution in [3.63, 3.8) is 0 Å². The maximum absolute atomic E-state index is 13.4. The van der Waals surface area contributed by atoms with Gasteiger partial charge in [-0.2, -0.15) is 0 Å². The highest BCUT2D eigenvalue weighted by Crippen LogP contribution is 2.20. The van der Waals surface area contributed by atoms with Gasteiger partial charge in [0.2, 0.25) is 0 Å². The zero-order valence-electron chi connectivity index (χ0n) is 19.3. The zero-order chi connectivity index (χ0) is 24.6. The standard InChI is InChI=1S/C26H28F2N4O2S/c27-20-10-6-18(7-11-20)14-29-25(33)23-17-35-24(31-23)16-32(15-19-8-12-21(28)13-9-19)26(34)30-22-4-2-1-3-5-22/h6-13,17,22H,1-5,14-16H2,(H,29,33)(H,30,34). The maximum Gasteiger partial charge on any atom is 0.318 e. The number of urea groups is 1. The molecule has 3 aromatic rings. The van der Waals surface area contributed by atoms with Gasteiger partial charge in [0, 0.05) is 24.5 Å². The Balaban J connectivity index is 1.40. The van der Waals surface area contributed by atoms with Crippen LogP contribution in [0, 0.1) is 11.6 Å². The molecule has 1 aliphatic rings. The van der Waals surface area contributed by atoms with E-state index >= 15 is 0 Å². The first-order valence-corrected chi connectivity index (χ1v) is 12.6. The lowest BCUT2D eigenvalue weighted by Gasteiger charge is -2.28. The fourth-order valence-corrected chi connectivity index (χ4v) is 4.84. The smallest absolute Gasteiger partial charge is 0.318 e. The summed E-state index contributed by atoms with van der Waals surface area (Å²) in [4.78, 5) is 31.7. The molecule has 0 radical (unpaired) electrons. The van der Waals surface area contributed by atoms with E-state index in [0.717, 1.165) is 36.8 Å². The van der Waals surface area contributed by atoms with E-state index in [9.17, 15) is 18.4 Å². The van der Waals surface area contributed by atoms with Crippen LogP contribution in [0.3, 0.4) is 0 Å². The normalized spacial score (nSPS) is 13.9. The van der Waals surface area contributed by atoms with E-state index in [1.54, 1.807) is 34.5 Å². The van der Waals surface area contributed by atoms with E-state index < -0.39 is 0 Å². The Labute approximate surface area is 207 Å². The minimum Gasteiger partial charge on any atom is -0.347 e. The van der Waals surface area contributed by atoms with Gasteiger partial charge in [-0.05, 0) is 48.2 Å². The lowest BCUT2D eigenvalue weighted by Crippen LogP contribution is -2.44. The van der Waals surface area contributed by atoms with Gasteiger partial charge < -0.3 is 15.5 Å². The van der Waals surface area contributed by atoms with Crippen LogP contribution in [-0.4, -0.2) is 27.9 Å². The number of hydrogen-bond acceptors (Lipinski definition) is 4. The third kappa shape index (κ3) is 7.32. The molecule has 0 bridgehead atoms. The highest BCUT2D eigenvalue weighted by atomic mass is 32.1. The highest BCUT2D eigenvalue weighted by molar-refractivity contribution is 7.09. The van der Waals surface area contributed by atoms with Crippen LogP contribution in [0.1, 0.15) is 58.7 Å². The molecule has 0 atom stereocenters. The summed E-state index contributed by atoms with van der Waals surface area (Å²) in [6.45, 7) is 0.781. The van der Waals surface area contributed by atoms with Crippen LogP contribution in [0.2, 0.25) is 0 Å². The van der Waals surface area contributed by atoms with Crippen molar-refractivity contribution in [2.24, 2.45) is 0 Å². The number of rotatable bonds is 8. The second-order valence-electron chi connectivity index (χ2n) is 8.70. The van der Waals surface area contributed by atoms with Crippen LogP contribution >= 0.6 is 11.3 Å². The first-order valence-electron chi connectivity index (χ1n) is 11.7. The topological polar surface area (TPSA) is 74.3 Å². The number of amides is 3. The number of hydrogen-bond donors (Lipinski definition) is 2. The predicted octanol–water partition coefficient (Wildman–Crippen LogP) is 5.40. The van der Waals surface area contributed by atoms with Crippen LogP contribution < -0.4 is 10.6 Å². The van der Waals surface area contributed by atoms with Gasteiger partial charge in [-0.1, -0.05) is 43.5 Å². The second kappa shape index (κ2) is 11.9. The summed E-state index contributed by atoms with van der Waals surface area (Å²) < 4.78 is 26.4. The number of nitrogens with one attached hydrogen (secondary N) is 2. The van der Waals surface area contributed by atoms with Crippen LogP contribution in [0.5, 0.6) is 0 Å². The second-order valence-corrected chi connectivity index (χ2v) is 9.65. The Morgan fingerprint density at radius 3 is 2.20 bits per heavy atom. The molecule has 9 heteroatoms. The van der Waals surface area contributed by atoms with Crippen molar-refractivity contribution in [2.45, 2.75) is 57.8 Å². The molecule has 0 saturated heterocycles. The molecule has 0 unspecified atom stereocenters. The van der Waals surface area contributed by atoms with Gasteiger partial charge in [0.25, 0.3) is 5.91 Å². The van der Waals surface area contributed by atoms with Crippen molar-refractivity contribution < 1.29 is 18.4 Å². The number of halogens is 2. The molecule has 1 heterocycles. The zero-order valence-corrected chi connectivity index (χ0v) is 20.1. The van der Waals surface area contributed by atoms with Crippen molar-refractivity contribution in [1.29, 1.82) is 0 Å². The summed E-state index contributed by atoms with van der Waals surface area (Å²) in [7, 11) is 0. The molecule has 2 N–H and O–H groups in total. The molecule has 2 aromatic carbocycles. The third-order valence-electron chi connectivity index (χ3n) is 5.98. The number of nitrogens with zero attached hydrogens (tertiary/aromatic N) is 2. The summed E-state index contributed by atoms with van der Waals surface area (Å²) in [5.74, 6) is -1.00. The van der Waals surface area contributed by atoms with E-state index in [1.165, 1.54) is 42.0 Å². The largest absolute Gasteiger partial charge is 0.347 e. The summed E-state index contributed by atoms with van der Waals surface area (Å²) >= 11 is 1.30. The van der Waals surface area contributed by atoms with Crippen molar-refractivity contribution in [3.8, 4) is 0 Å². The number of carbonyl (C=O) groups excluding carboxylic acids is 2. The third-order valence-corrected chi connectivity index (χ3v) is 6.82. The molecule has 184 valence electrons. The van der Waals surface area contributed by atoms with E-state index in [2.05, 4.69) is 15.6 Å². The van der Waals surface area contributed by atoms with Crippen LogP contribution in [0.15, 0.2) is 53.9 Å². The molecule has 1 fully saturated rings. The summed E-state index contributed by atoms with van der Waals surface area (Å²) in [5, 5.41) is 8.18. The van der Waals surface area contributed by atoms with Crippen LogP contribution in [-0.2, 0) is 19.6 Å². The fraction of sp³-hybridized carbons (Fsp3) is 0.346. The van der Waals surface area contributed by atoms with Gasteiger partial charge in [-0.25, -0.2) is 18.6 Å². The molecular weight excluding hydrogens is 470 g/mol. The van der Waals surface area contributed by atoms with Gasteiger partial charge >= 0.3 is 6.03 Å². The monoisotopic (exact) mass is 498 g/mol. The van der Waals surface area contributed by atoms with E-state index in [-0.39, 0.29) is 48.4 Å². The van der Waals surface area contributed by atoms with Crippen molar-refractivity contribution in [1.82, 2.24) is 20.5 Å². The Kier molecular flexibility index (Phi) is 8.41. The van der Waals surface area contributed by atoms with E-state index in [4.69, 9.17) is 0 Å². The number of thiazole rings is 1. The Bertz CT molecular complexity index is 1130. The molecular formula is C26H28F2N4O2S. The Hall–Kier alpha value is -3.33. The van der Waals surface area contributed by atoms with E-state index in [0.29, 0.717) is 11.6 Å². The minimum absolute atomic E-state index is 0.149. The number of benzene rings is 2. The summed E-state index contributed by atoms with van der Waals surface area (Å²) in [6.07, 6.45) is 5.33. The van der Waals surface area contributed by atoms with Crippen molar-refractivity contribution in [3.05, 3.63) is 87.4 Å². The SMILES string of the molecule is O=C(NCc1ccc(F)cc1)c1csc(CN(Cc2ccc(F)cc2)C(=O)NC2CCCCC2)n1. The van der Waals surface area contributed by atoms with Gasteiger partial charge in [-0.15, -0.1) is 11.3 Å². The molecule has 3 amide bonds. The van der Waals surface area contributed by atoms with Gasteiger partial charge in [0.15, 0.2) is 0 Å².